The first-order valence-electron chi connectivity index (χ1n) is 17.6. The summed E-state index contributed by atoms with van der Waals surface area (Å²) in [4.78, 5) is 15.5. The molecule has 4 heterocycles. The van der Waals surface area contributed by atoms with Gasteiger partial charge in [-0.05, 0) is 62.1 Å². The van der Waals surface area contributed by atoms with Crippen LogP contribution in [0.5, 0.6) is 11.5 Å². The number of amides is 2. The predicted molar refractivity (Wildman–Crippen MR) is 192 cm³/mol. The highest BCUT2D eigenvalue weighted by atomic mass is 16.5. The Bertz CT molecular complexity index is 1890. The molecule has 0 bridgehead atoms. The smallest absolute Gasteiger partial charge is 0.320 e. The van der Waals surface area contributed by atoms with Crippen LogP contribution >= 0.6 is 0 Å². The second-order valence-electron chi connectivity index (χ2n) is 14.0. The number of hydrogen-bond acceptors (Lipinski definition) is 8. The van der Waals surface area contributed by atoms with Crippen LogP contribution in [-0.4, -0.2) is 86.9 Å². The van der Waals surface area contributed by atoms with Gasteiger partial charge in [-0.2, -0.15) is 5.10 Å². The molecule has 0 unspecified atom stereocenters. The number of benzene rings is 2. The molecule has 0 radical (unpaired) electrons. The molecule has 2 fully saturated rings. The highest BCUT2D eigenvalue weighted by molar-refractivity contribution is 5.89. The number of anilines is 1. The fourth-order valence-corrected chi connectivity index (χ4v) is 6.44. The van der Waals surface area contributed by atoms with Crippen LogP contribution in [-0.2, 0) is 10.2 Å². The maximum atomic E-state index is 13.2. The van der Waals surface area contributed by atoms with Gasteiger partial charge in [0.2, 0.25) is 0 Å². The number of para-hydroxylation sites is 1. The van der Waals surface area contributed by atoms with Gasteiger partial charge in [0, 0.05) is 42.7 Å². The molecule has 0 atom stereocenters. The highest BCUT2D eigenvalue weighted by Gasteiger charge is 2.26. The molecule has 7 rings (SSSR count). The van der Waals surface area contributed by atoms with Crippen molar-refractivity contribution in [3.8, 4) is 28.6 Å². The number of rotatable bonds is 10. The summed E-state index contributed by atoms with van der Waals surface area (Å²) in [6.45, 7) is 11.3. The zero-order valence-electron chi connectivity index (χ0n) is 29.0. The summed E-state index contributed by atoms with van der Waals surface area (Å²) in [6, 6.07) is 23.5. The Morgan fingerprint density at radius 3 is 2.50 bits per heavy atom. The molecule has 3 aromatic heterocycles. The predicted octanol–water partition coefficient (Wildman–Crippen LogP) is 6.10. The topological polar surface area (TPSA) is 120 Å². The first kappa shape index (κ1) is 33.6. The number of pyridine rings is 1. The first-order valence-corrected chi connectivity index (χ1v) is 17.6. The van der Waals surface area contributed by atoms with Gasteiger partial charge in [0.25, 0.3) is 0 Å². The molecule has 1 saturated heterocycles. The molecular weight excluding hydrogens is 632 g/mol. The van der Waals surface area contributed by atoms with Crippen molar-refractivity contribution in [1.29, 1.82) is 0 Å². The minimum atomic E-state index is -0.232. The normalized spacial score (nSPS) is 18.5. The Balaban J connectivity index is 0.936. The number of carbonyl (C=O) groups is 1. The molecule has 1 aliphatic heterocycles. The lowest BCUT2D eigenvalue weighted by atomic mass is 9.92. The molecular formula is C38H46N8O4. The number of nitrogens with zero attached hydrogens (tertiary/aromatic N) is 6. The van der Waals surface area contributed by atoms with Crippen molar-refractivity contribution in [2.24, 2.45) is 0 Å². The van der Waals surface area contributed by atoms with E-state index >= 15 is 0 Å². The van der Waals surface area contributed by atoms with Crippen molar-refractivity contribution >= 4 is 17.5 Å². The van der Waals surface area contributed by atoms with Gasteiger partial charge >= 0.3 is 6.03 Å². The molecule has 50 heavy (non-hydrogen) atoms. The Labute approximate surface area is 292 Å². The Morgan fingerprint density at radius 1 is 0.920 bits per heavy atom. The van der Waals surface area contributed by atoms with Crippen LogP contribution < -0.4 is 20.1 Å². The second-order valence-corrected chi connectivity index (χ2v) is 14.0. The number of fused-ring (bicyclic) bond motifs is 1. The van der Waals surface area contributed by atoms with Crippen molar-refractivity contribution in [3.05, 3.63) is 84.7 Å². The Morgan fingerprint density at radius 2 is 1.72 bits per heavy atom. The lowest BCUT2D eigenvalue weighted by Gasteiger charge is -2.29. The number of ether oxygens (including phenoxy) is 3. The third kappa shape index (κ3) is 8.09. The summed E-state index contributed by atoms with van der Waals surface area (Å²) >= 11 is 0. The van der Waals surface area contributed by atoms with E-state index in [9.17, 15) is 4.79 Å². The van der Waals surface area contributed by atoms with Crippen molar-refractivity contribution in [2.45, 2.75) is 64.0 Å². The summed E-state index contributed by atoms with van der Waals surface area (Å²) in [7, 11) is 0. The maximum Gasteiger partial charge on any atom is 0.320 e. The molecule has 2 aliphatic rings. The molecule has 1 aliphatic carbocycles. The van der Waals surface area contributed by atoms with Crippen LogP contribution in [0.15, 0.2) is 79.0 Å². The van der Waals surface area contributed by atoms with E-state index in [2.05, 4.69) is 46.5 Å². The number of aromatic nitrogens is 5. The average molecular weight is 679 g/mol. The van der Waals surface area contributed by atoms with Gasteiger partial charge in [0.05, 0.1) is 36.9 Å². The molecule has 0 spiro atoms. The summed E-state index contributed by atoms with van der Waals surface area (Å²) in [6.07, 6.45) is 5.31. The van der Waals surface area contributed by atoms with Crippen molar-refractivity contribution in [2.75, 3.05) is 44.8 Å². The number of nitrogens with one attached hydrogen (secondary N) is 2. The van der Waals surface area contributed by atoms with Crippen LogP contribution in [0.1, 0.15) is 52.1 Å². The molecule has 12 heteroatoms. The van der Waals surface area contributed by atoms with Gasteiger partial charge in [0.15, 0.2) is 11.5 Å². The van der Waals surface area contributed by atoms with Crippen molar-refractivity contribution in [3.63, 3.8) is 0 Å². The molecule has 2 aromatic carbocycles. The first-order chi connectivity index (χ1) is 24.3. The minimum Gasteiger partial charge on any atom is -0.492 e. The molecule has 1 saturated carbocycles. The highest BCUT2D eigenvalue weighted by Crippen LogP contribution is 2.29. The van der Waals surface area contributed by atoms with Crippen molar-refractivity contribution < 1.29 is 19.0 Å². The molecule has 12 nitrogen and oxygen atoms in total. The Kier molecular flexibility index (Phi) is 9.99. The van der Waals surface area contributed by atoms with E-state index in [0.717, 1.165) is 98.4 Å². The summed E-state index contributed by atoms with van der Waals surface area (Å²) < 4.78 is 21.7. The van der Waals surface area contributed by atoms with E-state index in [1.54, 1.807) is 4.68 Å². The monoisotopic (exact) mass is 678 g/mol. The largest absolute Gasteiger partial charge is 0.492 e. The van der Waals surface area contributed by atoms with E-state index in [1.807, 2.05) is 83.4 Å². The number of carbonyl (C=O) groups excluding carboxylic acids is 1. The quantitative estimate of drug-likeness (QED) is 0.182. The molecule has 2 N–H and O–H groups in total. The summed E-state index contributed by atoms with van der Waals surface area (Å²) in [5, 5.41) is 19.9. The lowest BCUT2D eigenvalue weighted by Crippen LogP contribution is -2.42. The van der Waals surface area contributed by atoms with Crippen molar-refractivity contribution in [1.82, 2.24) is 34.6 Å². The van der Waals surface area contributed by atoms with E-state index in [-0.39, 0.29) is 23.6 Å². The fourth-order valence-electron chi connectivity index (χ4n) is 6.44. The minimum absolute atomic E-state index is 0.0468. The zero-order chi connectivity index (χ0) is 34.5. The maximum absolute atomic E-state index is 13.2. The third-order valence-corrected chi connectivity index (χ3v) is 9.28. The van der Waals surface area contributed by atoms with Gasteiger partial charge in [-0.3, -0.25) is 14.6 Å². The van der Waals surface area contributed by atoms with Gasteiger partial charge in [-0.1, -0.05) is 51.1 Å². The standard InChI is InChI=1S/C38H46N8O4/c1-38(2,3)33-25-35(46(43-33)29-9-5-4-6-10-29)40-37(47)39-28-12-14-30(15-13-28)50-32-16-17-34-41-42-36(45(34)26-32)27-8-7-11-31(24-27)49-23-20-44-18-21-48-22-19-44/h4-11,16-17,24-26,28,30H,12-15,18-23H2,1-3H3,(H2,39,40,47)/t28-,30-. The fraction of sp³-hybridized carbons (Fsp3) is 0.421. The van der Waals surface area contributed by atoms with E-state index in [1.165, 1.54) is 0 Å². The van der Waals surface area contributed by atoms with Gasteiger partial charge in [0.1, 0.15) is 23.9 Å². The van der Waals surface area contributed by atoms with Gasteiger partial charge in [-0.25, -0.2) is 9.48 Å². The van der Waals surface area contributed by atoms with E-state index in [4.69, 9.17) is 19.3 Å². The number of hydrogen-bond donors (Lipinski definition) is 2. The zero-order valence-corrected chi connectivity index (χ0v) is 29.0. The van der Waals surface area contributed by atoms with Gasteiger partial charge in [-0.15, -0.1) is 10.2 Å². The van der Waals surface area contributed by atoms with Crippen LogP contribution in [0.3, 0.4) is 0 Å². The van der Waals surface area contributed by atoms with Gasteiger partial charge < -0.3 is 19.5 Å². The lowest BCUT2D eigenvalue weighted by molar-refractivity contribution is 0.0322. The van der Waals surface area contributed by atoms with Crippen LogP contribution in [0.2, 0.25) is 0 Å². The molecule has 5 aromatic rings. The van der Waals surface area contributed by atoms with Crippen LogP contribution in [0.25, 0.3) is 22.7 Å². The van der Waals surface area contributed by atoms with E-state index in [0.29, 0.717) is 12.4 Å². The SMILES string of the molecule is CC(C)(C)c1cc(NC(=O)N[C@H]2CC[C@H](Oc3ccc4nnc(-c5cccc(OCCN6CCOCC6)c5)n4c3)CC2)n(-c2ccccc2)n1. The van der Waals surface area contributed by atoms with E-state index < -0.39 is 0 Å². The molecule has 2 amide bonds. The molecule has 262 valence electrons. The third-order valence-electron chi connectivity index (χ3n) is 9.28. The number of urea groups is 1. The second kappa shape index (κ2) is 14.9. The summed E-state index contributed by atoms with van der Waals surface area (Å²) in [5.74, 6) is 2.93. The van der Waals surface area contributed by atoms with Crippen LogP contribution in [0.4, 0.5) is 10.6 Å². The number of morpholine rings is 1. The summed E-state index contributed by atoms with van der Waals surface area (Å²) in [5.41, 5.74) is 3.31. The van der Waals surface area contributed by atoms with Crippen LogP contribution in [0, 0.1) is 0 Å². The average Bonchev–Trinajstić information content (AvgIpc) is 3.75. The Hall–Kier alpha value is -4.94.